The summed E-state index contributed by atoms with van der Waals surface area (Å²) >= 11 is 0. The first kappa shape index (κ1) is 3.85. The Bertz CT molecular complexity index is 8.00. The van der Waals surface area contributed by atoms with Crippen molar-refractivity contribution < 1.29 is 12.9 Å². The summed E-state index contributed by atoms with van der Waals surface area (Å²) in [7, 11) is -4.25. The summed E-state index contributed by atoms with van der Waals surface area (Å²) in [6.07, 6.45) is 0. The van der Waals surface area contributed by atoms with Gasteiger partial charge in [0.1, 0.15) is 0 Å². The van der Waals surface area contributed by atoms with E-state index < -0.39 is 7.54 Å². The van der Waals surface area contributed by atoms with E-state index >= 15 is 0 Å². The Hall–Kier alpha value is -0.145. The van der Waals surface area contributed by atoms with Gasteiger partial charge in [0.25, 0.3) is 0 Å². The third-order valence-corrected chi connectivity index (χ3v) is 0. The molecule has 4 heavy (non-hydrogen) atoms. The zero-order valence-corrected chi connectivity index (χ0v) is 1.84. The van der Waals surface area contributed by atoms with Gasteiger partial charge >= 0.3 is 7.54 Å². The van der Waals surface area contributed by atoms with E-state index in [1.165, 1.54) is 0 Å². The minimum absolute atomic E-state index is 4.25. The lowest BCUT2D eigenvalue weighted by molar-refractivity contribution is 0.535. The predicted octanol–water partition coefficient (Wildman–Crippen LogP) is 0.612. The number of hydrogen-bond acceptors (Lipinski definition) is 0. The largest absolute Gasteiger partial charge is 0.464 e. The minimum Gasteiger partial charge on any atom is -0.452 e. The van der Waals surface area contributed by atoms with Crippen molar-refractivity contribution in [3.8, 4) is 0 Å². The summed E-state index contributed by atoms with van der Waals surface area (Å²) < 4.78 is 29.2. The quantitative estimate of drug-likeness (QED) is 0.365. The standard InChI is InChI=1S/BF3H/c2-1(3)4/h1H/q-1. The van der Waals surface area contributed by atoms with Crippen LogP contribution in [0.15, 0.2) is 0 Å². The first-order valence-corrected chi connectivity index (χ1v) is 0.802. The highest BCUT2D eigenvalue weighted by Gasteiger charge is 1.80. The summed E-state index contributed by atoms with van der Waals surface area (Å²) in [5, 5.41) is 0. The fourth-order valence-electron chi connectivity index (χ4n) is 0. The average molecular weight is 68.8 g/mol. The molecule has 0 aliphatic carbocycles. The molecule has 0 aliphatic rings. The summed E-state index contributed by atoms with van der Waals surface area (Å²) in [5.41, 5.74) is 0. The van der Waals surface area contributed by atoms with Gasteiger partial charge in [0.2, 0.25) is 0 Å². The molecule has 0 aromatic heterocycles. The number of rotatable bonds is 0. The third-order valence-electron chi connectivity index (χ3n) is 0. The van der Waals surface area contributed by atoms with Gasteiger partial charge < -0.3 is 12.9 Å². The topological polar surface area (TPSA) is 0 Å². The van der Waals surface area contributed by atoms with Crippen molar-refractivity contribution >= 4 is 7.54 Å². The maximum absolute atomic E-state index is 9.75. The fourth-order valence-corrected chi connectivity index (χ4v) is 0. The van der Waals surface area contributed by atoms with Gasteiger partial charge in [0.15, 0.2) is 0 Å². The average Bonchev–Trinajstić information content (AvgIpc) is 0.811. The number of halogens is 3. The van der Waals surface area contributed by atoms with Crippen LogP contribution in [0, 0.1) is 0 Å². The molecule has 0 bridgehead atoms. The second-order valence-corrected chi connectivity index (χ2v) is 0.303. The smallest absolute Gasteiger partial charge is 0.452 e. The van der Waals surface area contributed by atoms with Gasteiger partial charge in [-0.2, -0.15) is 0 Å². The van der Waals surface area contributed by atoms with Crippen molar-refractivity contribution in [3.63, 3.8) is 0 Å². The summed E-state index contributed by atoms with van der Waals surface area (Å²) in [5.74, 6) is 0. The molecule has 0 aliphatic heterocycles. The van der Waals surface area contributed by atoms with Gasteiger partial charge in [-0.25, -0.2) is 0 Å². The van der Waals surface area contributed by atoms with Crippen LogP contribution < -0.4 is 0 Å². The molecule has 0 atom stereocenters. The first-order valence-electron chi connectivity index (χ1n) is 0.802. The molecule has 0 rings (SSSR count). The molecule has 0 N–H and O–H groups in total. The molecule has 0 aromatic carbocycles. The van der Waals surface area contributed by atoms with Crippen LogP contribution in [0.2, 0.25) is 0 Å². The van der Waals surface area contributed by atoms with Crippen molar-refractivity contribution in [1.29, 1.82) is 0 Å². The highest BCUT2D eigenvalue weighted by molar-refractivity contribution is 6.33. The van der Waals surface area contributed by atoms with Crippen LogP contribution in [0.1, 0.15) is 0 Å². The molecule has 0 radical (unpaired) electrons. The number of hydrogen-bond donors (Lipinski definition) is 0. The fraction of sp³-hybridized carbons (Fsp3) is 0. The monoisotopic (exact) mass is 69.0 g/mol. The Labute approximate surface area is 21.8 Å². The Morgan fingerprint density at radius 1 is 1.00 bits per heavy atom. The van der Waals surface area contributed by atoms with E-state index in [0.717, 1.165) is 0 Å². The lowest BCUT2D eigenvalue weighted by Gasteiger charge is -1.78. The predicted molar refractivity (Wildman–Crippen MR) is 10.5 cm³/mol. The Morgan fingerprint density at radius 2 is 1.00 bits per heavy atom. The third kappa shape index (κ3) is 64.4. The van der Waals surface area contributed by atoms with E-state index in [4.69, 9.17) is 0 Å². The Kier molecular flexibility index (Phi) is 1.16. The Morgan fingerprint density at radius 3 is 1.00 bits per heavy atom. The lowest BCUT2D eigenvalue weighted by Crippen LogP contribution is -1.76. The van der Waals surface area contributed by atoms with Crippen LogP contribution in [0.4, 0.5) is 12.9 Å². The van der Waals surface area contributed by atoms with Gasteiger partial charge in [-0.15, -0.1) is 0 Å². The first-order chi connectivity index (χ1) is 1.73. The van der Waals surface area contributed by atoms with Crippen molar-refractivity contribution in [1.82, 2.24) is 0 Å². The summed E-state index contributed by atoms with van der Waals surface area (Å²) in [6, 6.07) is 0. The van der Waals surface area contributed by atoms with Crippen molar-refractivity contribution in [2.45, 2.75) is 0 Å². The van der Waals surface area contributed by atoms with Gasteiger partial charge in [-0.1, -0.05) is 0 Å². The highest BCUT2D eigenvalue weighted by atomic mass is 19.4. The van der Waals surface area contributed by atoms with Crippen LogP contribution in [0.25, 0.3) is 0 Å². The second-order valence-electron chi connectivity index (χ2n) is 0.303. The van der Waals surface area contributed by atoms with Gasteiger partial charge in [0.05, 0.1) is 0 Å². The zero-order valence-electron chi connectivity index (χ0n) is 1.84. The molecule has 0 fully saturated rings. The molecule has 0 spiro atoms. The van der Waals surface area contributed by atoms with Gasteiger partial charge in [0, 0.05) is 0 Å². The molecule has 0 unspecified atom stereocenters. The maximum Gasteiger partial charge on any atom is 0.464 e. The van der Waals surface area contributed by atoms with E-state index in [2.05, 4.69) is 0 Å². The molecule has 0 saturated carbocycles. The van der Waals surface area contributed by atoms with E-state index in [-0.39, 0.29) is 0 Å². The van der Waals surface area contributed by atoms with Crippen molar-refractivity contribution in [2.24, 2.45) is 0 Å². The van der Waals surface area contributed by atoms with Gasteiger partial charge in [-0.3, -0.25) is 0 Å². The lowest BCUT2D eigenvalue weighted by atomic mass is 10.5. The summed E-state index contributed by atoms with van der Waals surface area (Å²) in [4.78, 5) is 0. The molecule has 0 amide bonds. The molecular weight excluding hydrogens is 67.8 g/mol. The van der Waals surface area contributed by atoms with Crippen LogP contribution in [-0.2, 0) is 0 Å². The minimum atomic E-state index is -4.25. The summed E-state index contributed by atoms with van der Waals surface area (Å²) in [6.45, 7) is 0. The van der Waals surface area contributed by atoms with Crippen LogP contribution in [0.5, 0.6) is 0 Å². The van der Waals surface area contributed by atoms with E-state index in [0.29, 0.717) is 0 Å². The van der Waals surface area contributed by atoms with E-state index in [1.54, 1.807) is 0 Å². The molecule has 0 heterocycles. The van der Waals surface area contributed by atoms with Crippen LogP contribution >= 0.6 is 0 Å². The van der Waals surface area contributed by atoms with Crippen LogP contribution in [0.3, 0.4) is 0 Å². The molecule has 0 aromatic rings. The molecule has 4 heteroatoms. The maximum atomic E-state index is 9.75. The molecule has 0 nitrogen and oxygen atoms in total. The van der Waals surface area contributed by atoms with Crippen molar-refractivity contribution in [3.05, 3.63) is 0 Å². The van der Waals surface area contributed by atoms with Gasteiger partial charge in [-0.05, 0) is 0 Å². The molecule has 0 saturated heterocycles. The molecule has 26 valence electrons. The second kappa shape index (κ2) is 1.21. The van der Waals surface area contributed by atoms with E-state index in [9.17, 15) is 12.9 Å². The van der Waals surface area contributed by atoms with Crippen LogP contribution in [-0.4, -0.2) is 7.54 Å². The zero-order chi connectivity index (χ0) is 3.58. The Balaban J connectivity index is 2.32. The van der Waals surface area contributed by atoms with E-state index in [1.807, 2.05) is 0 Å². The SMILES string of the molecule is F[BH-](F)F. The van der Waals surface area contributed by atoms with Crippen molar-refractivity contribution in [2.75, 3.05) is 0 Å². The molecular formula is HBF3-. The normalized spacial score (nSPS) is 9.00. The highest BCUT2D eigenvalue weighted by Crippen LogP contribution is 1.80.